The molecule has 0 aliphatic carbocycles. The van der Waals surface area contributed by atoms with Gasteiger partial charge in [-0.05, 0) is 123 Å². The number of sulfonamides is 2. The first-order valence-corrected chi connectivity index (χ1v) is 29.4. The largest absolute Gasteiger partial charge is 0.480 e. The van der Waals surface area contributed by atoms with E-state index < -0.39 is 108 Å². The first kappa shape index (κ1) is 62.8. The Morgan fingerprint density at radius 1 is 0.588 bits per heavy atom. The van der Waals surface area contributed by atoms with Crippen LogP contribution in [0.1, 0.15) is 40.7 Å². The number of aromatic nitrogens is 4. The van der Waals surface area contributed by atoms with Crippen LogP contribution < -0.4 is 20.1 Å². The summed E-state index contributed by atoms with van der Waals surface area (Å²) in [6.45, 7) is 0.685. The second-order valence-electron chi connectivity index (χ2n) is 19.1. The zero-order chi connectivity index (χ0) is 61.8. The minimum absolute atomic E-state index is 0.0370. The Bertz CT molecular complexity index is 3940. The van der Waals surface area contributed by atoms with Crippen molar-refractivity contribution in [2.75, 3.05) is 27.3 Å². The third-order valence-corrected chi connectivity index (χ3v) is 18.5. The fourth-order valence-corrected chi connectivity index (χ4v) is 13.4. The number of ether oxygens (including phenoxy) is 2. The first-order chi connectivity index (χ1) is 40.0. The van der Waals surface area contributed by atoms with Crippen LogP contribution in [0.2, 0.25) is 0 Å². The van der Waals surface area contributed by atoms with E-state index in [-0.39, 0.29) is 64.6 Å². The molecular formula is C54H49F8N9O11S3. The quantitative estimate of drug-likeness (QED) is 0.0663. The molecule has 0 saturated carbocycles. The normalized spacial score (nSPS) is 17.8. The highest BCUT2D eigenvalue weighted by molar-refractivity contribution is 7.89. The van der Waals surface area contributed by atoms with Crippen LogP contribution in [0.4, 0.5) is 35.1 Å². The van der Waals surface area contributed by atoms with Gasteiger partial charge in [-0.25, -0.2) is 35.0 Å². The number of hydrogen-bond donors (Lipinski definition) is 2. The fourth-order valence-electron chi connectivity index (χ4n) is 9.01. The van der Waals surface area contributed by atoms with Gasteiger partial charge < -0.3 is 20.1 Å². The van der Waals surface area contributed by atoms with Crippen molar-refractivity contribution < 1.29 is 83.6 Å². The molecule has 31 heteroatoms. The van der Waals surface area contributed by atoms with Crippen molar-refractivity contribution in [3.05, 3.63) is 173 Å². The summed E-state index contributed by atoms with van der Waals surface area (Å²) in [6, 6.07) is 21.7. The molecule has 2 saturated heterocycles. The Labute approximate surface area is 481 Å². The van der Waals surface area contributed by atoms with Crippen LogP contribution >= 0.6 is 0 Å². The lowest BCUT2D eigenvalue weighted by Crippen LogP contribution is -2.45. The number of carbonyl (C=O) groups is 2. The highest BCUT2D eigenvalue weighted by atomic mass is 32.2. The number of nitrogens with one attached hydrogen (secondary N) is 2. The molecule has 2 aromatic heterocycles. The van der Waals surface area contributed by atoms with E-state index in [1.54, 1.807) is 19.1 Å². The monoisotopic (exact) mass is 1250 g/mol. The Kier molecular flexibility index (Phi) is 18.5. The Morgan fingerprint density at radius 3 is 1.36 bits per heavy atom. The summed E-state index contributed by atoms with van der Waals surface area (Å²) in [4.78, 5) is 25.9. The van der Waals surface area contributed by atoms with E-state index >= 15 is 0 Å². The molecule has 450 valence electrons. The van der Waals surface area contributed by atoms with Crippen molar-refractivity contribution in [3.63, 3.8) is 0 Å². The molecule has 5 aromatic carbocycles. The summed E-state index contributed by atoms with van der Waals surface area (Å²) in [7, 11) is -10.4. The summed E-state index contributed by atoms with van der Waals surface area (Å²) in [6.07, 6.45) is -7.75. The van der Waals surface area contributed by atoms with Gasteiger partial charge in [-0.3, -0.25) is 13.8 Å². The summed E-state index contributed by atoms with van der Waals surface area (Å²) in [5.74, 6) is -3.37. The van der Waals surface area contributed by atoms with Crippen molar-refractivity contribution in [1.29, 1.82) is 5.26 Å². The molecule has 4 heterocycles. The number of hydrogen-bond acceptors (Lipinski definition) is 14. The lowest BCUT2D eigenvalue weighted by molar-refractivity contribution is -0.138. The molecule has 0 spiro atoms. The molecule has 0 radical (unpaired) electrons. The predicted octanol–water partition coefficient (Wildman–Crippen LogP) is 7.46. The van der Waals surface area contributed by atoms with Crippen LogP contribution in [0, 0.1) is 35.8 Å². The SMILES string of the molecule is COc1nn(-c2ccc(C(F)(F)F)cc2)cc1CNC(=O)[C@@H]1C[C@@H](C#N)CN1S(=O)(=O)c1ccc(F)cc1.COc1nn(-c2ccc(C(F)(F)F)cc2)cc1CNC(=O)[C@@H]1C[C@H](OS(=O)(=O)c2ccc(C)cc2)CN1S(=O)(=O)c1ccc(F)cc1. The summed E-state index contributed by atoms with van der Waals surface area (Å²) in [5.41, 5.74) is 0.414. The van der Waals surface area contributed by atoms with Crippen molar-refractivity contribution in [3.8, 4) is 29.2 Å². The average Bonchev–Trinajstić information content (AvgIpc) is 2.83. The summed E-state index contributed by atoms with van der Waals surface area (Å²) in [5, 5.41) is 23.0. The minimum Gasteiger partial charge on any atom is -0.480 e. The van der Waals surface area contributed by atoms with Crippen molar-refractivity contribution in [1.82, 2.24) is 38.8 Å². The van der Waals surface area contributed by atoms with Crippen LogP contribution in [0.15, 0.2) is 148 Å². The number of alkyl halides is 6. The number of benzene rings is 5. The van der Waals surface area contributed by atoms with E-state index in [1.807, 2.05) is 6.07 Å². The predicted molar refractivity (Wildman–Crippen MR) is 284 cm³/mol. The number of aryl methyl sites for hydroxylation is 1. The van der Waals surface area contributed by atoms with Crippen LogP contribution in [0.25, 0.3) is 11.4 Å². The highest BCUT2D eigenvalue weighted by Crippen LogP contribution is 2.35. The maximum absolute atomic E-state index is 13.6. The molecule has 2 aliphatic heterocycles. The van der Waals surface area contributed by atoms with Crippen molar-refractivity contribution in [2.24, 2.45) is 5.92 Å². The molecule has 20 nitrogen and oxygen atoms in total. The van der Waals surface area contributed by atoms with Gasteiger partial charge in [-0.2, -0.15) is 48.6 Å². The van der Waals surface area contributed by atoms with Crippen LogP contribution in [0.5, 0.6) is 11.8 Å². The topological polar surface area (TPSA) is 254 Å². The average molecular weight is 1250 g/mol. The van der Waals surface area contributed by atoms with E-state index in [2.05, 4.69) is 20.8 Å². The van der Waals surface area contributed by atoms with E-state index in [9.17, 15) is 75.2 Å². The van der Waals surface area contributed by atoms with Gasteiger partial charge in [0.25, 0.3) is 10.1 Å². The van der Waals surface area contributed by atoms with E-state index in [4.69, 9.17) is 13.7 Å². The molecule has 2 fully saturated rings. The van der Waals surface area contributed by atoms with Crippen LogP contribution in [-0.4, -0.2) is 111 Å². The molecule has 2 N–H and O–H groups in total. The van der Waals surface area contributed by atoms with Gasteiger partial charge in [0.2, 0.25) is 43.6 Å². The summed E-state index contributed by atoms with van der Waals surface area (Å²) >= 11 is 0. The second kappa shape index (κ2) is 25.1. The molecule has 2 amide bonds. The summed E-state index contributed by atoms with van der Waals surface area (Å²) < 4.78 is 204. The van der Waals surface area contributed by atoms with E-state index in [0.717, 1.165) is 87.0 Å². The number of methoxy groups -OCH3 is 2. The zero-order valence-electron chi connectivity index (χ0n) is 44.6. The third-order valence-electron chi connectivity index (χ3n) is 13.4. The lowest BCUT2D eigenvalue weighted by Gasteiger charge is -2.23. The number of carbonyl (C=O) groups excluding carboxylic acids is 2. The molecular weight excluding hydrogens is 1200 g/mol. The molecule has 9 rings (SSSR count). The van der Waals surface area contributed by atoms with Crippen molar-refractivity contribution >= 4 is 42.0 Å². The number of nitrogens with zero attached hydrogens (tertiary/aromatic N) is 7. The van der Waals surface area contributed by atoms with Gasteiger partial charge in [-0.15, -0.1) is 10.2 Å². The number of amides is 2. The smallest absolute Gasteiger partial charge is 0.416 e. The Morgan fingerprint density at radius 2 is 0.976 bits per heavy atom. The van der Waals surface area contributed by atoms with Gasteiger partial charge in [0.15, 0.2) is 0 Å². The molecule has 85 heavy (non-hydrogen) atoms. The standard InChI is InChI=1S/C30H28F4N4O7S2.C24H21F4N5O4S/c1-19-3-11-26(12-4-19)47(42,43)45-24-15-27(38(18-24)46(40,41)25-13-7-22(31)8-14-25)28(39)35-16-20-17-37(36-29(20)44-2)23-9-5-21(6-10-23)30(32,33)34;1-37-23-16(14-32(31-23)19-6-2-17(3-7-19)24(26,27)28)12-30-22(34)21-10-15(11-29)13-33(21)38(35,36)20-8-4-18(25)5-9-20/h3-14,17,24,27H,15-16,18H2,1-2H3,(H,35,39);2-9,14-15,21H,10,12-13H2,1H3,(H,30,34)/t24-,27-;15-,21-/m00/s1. The molecule has 0 bridgehead atoms. The van der Waals surface area contributed by atoms with Gasteiger partial charge >= 0.3 is 12.4 Å². The number of nitriles is 1. The van der Waals surface area contributed by atoms with E-state index in [1.165, 1.54) is 72.4 Å². The number of halogens is 8. The molecule has 0 unspecified atom stereocenters. The highest BCUT2D eigenvalue weighted by Gasteiger charge is 2.47. The second-order valence-corrected chi connectivity index (χ2v) is 24.5. The van der Waals surface area contributed by atoms with Crippen LogP contribution in [0.3, 0.4) is 0 Å². The lowest BCUT2D eigenvalue weighted by atomic mass is 10.1. The molecule has 2 aliphatic rings. The Balaban J connectivity index is 0.000000226. The maximum Gasteiger partial charge on any atom is 0.416 e. The zero-order valence-corrected chi connectivity index (χ0v) is 47.1. The van der Waals surface area contributed by atoms with Crippen molar-refractivity contribution in [2.45, 2.75) is 78.1 Å². The van der Waals surface area contributed by atoms with Gasteiger partial charge in [0.1, 0.15) is 23.7 Å². The molecule has 7 aromatic rings. The van der Waals surface area contributed by atoms with Crippen LogP contribution in [-0.2, 0) is 69.4 Å². The fraction of sp³-hybridized carbons (Fsp3) is 0.278. The first-order valence-electron chi connectivity index (χ1n) is 25.1. The minimum atomic E-state index is -4.52. The molecule has 4 atom stereocenters. The van der Waals surface area contributed by atoms with Gasteiger partial charge in [0.05, 0.1) is 80.6 Å². The maximum atomic E-state index is 13.6. The van der Waals surface area contributed by atoms with Gasteiger partial charge in [-0.1, -0.05) is 17.7 Å². The van der Waals surface area contributed by atoms with E-state index in [0.29, 0.717) is 16.8 Å². The number of rotatable bonds is 17. The Hall–Kier alpha value is -8.28. The van der Waals surface area contributed by atoms with Gasteiger partial charge in [0, 0.05) is 45.0 Å². The third kappa shape index (κ3) is 14.5.